The zero-order valence-corrected chi connectivity index (χ0v) is 12.3. The Morgan fingerprint density at radius 2 is 1.90 bits per heavy atom. The molecular weight excluding hydrogens is 252 g/mol. The van der Waals surface area contributed by atoms with Gasteiger partial charge in [0, 0.05) is 18.1 Å². The van der Waals surface area contributed by atoms with Gasteiger partial charge in [0.1, 0.15) is 6.61 Å². The predicted octanol–water partition coefficient (Wildman–Crippen LogP) is 2.76. The van der Waals surface area contributed by atoms with E-state index in [-0.39, 0.29) is 6.10 Å². The van der Waals surface area contributed by atoms with Gasteiger partial charge >= 0.3 is 0 Å². The van der Waals surface area contributed by atoms with Crippen LogP contribution in [0.4, 0.5) is 0 Å². The molecule has 0 saturated heterocycles. The summed E-state index contributed by atoms with van der Waals surface area (Å²) in [4.78, 5) is 4.42. The van der Waals surface area contributed by atoms with Crippen molar-refractivity contribution in [2.75, 3.05) is 20.3 Å². The lowest BCUT2D eigenvalue weighted by Crippen LogP contribution is -2.12. The molecule has 1 heterocycles. The molecule has 108 valence electrons. The minimum Gasteiger partial charge on any atom is -0.475 e. The predicted molar refractivity (Wildman–Crippen MR) is 81.1 cm³/mol. The van der Waals surface area contributed by atoms with E-state index in [1.165, 1.54) is 10.9 Å². The normalized spacial score (nSPS) is 11.2. The average Bonchev–Trinajstić information content (AvgIpc) is 2.45. The van der Waals surface area contributed by atoms with E-state index in [9.17, 15) is 0 Å². The number of aromatic nitrogens is 1. The first-order valence-electron chi connectivity index (χ1n) is 6.98. The zero-order chi connectivity index (χ0) is 14.4. The summed E-state index contributed by atoms with van der Waals surface area (Å²) in [7, 11) is 1.93. The number of nitrogens with zero attached hydrogens (tertiary/aromatic N) is 1. The number of rotatable bonds is 7. The number of pyridine rings is 1. The molecule has 1 aromatic carbocycles. The highest BCUT2D eigenvalue weighted by atomic mass is 16.5. The van der Waals surface area contributed by atoms with E-state index in [2.05, 4.69) is 16.4 Å². The molecule has 2 aromatic rings. The van der Waals surface area contributed by atoms with Crippen molar-refractivity contribution < 1.29 is 9.47 Å². The van der Waals surface area contributed by atoms with Crippen LogP contribution in [0, 0.1) is 0 Å². The summed E-state index contributed by atoms with van der Waals surface area (Å²) in [5.74, 6) is 0.674. The summed E-state index contributed by atoms with van der Waals surface area (Å²) in [5, 5.41) is 5.38. The van der Waals surface area contributed by atoms with Gasteiger partial charge in [0.15, 0.2) is 0 Å². The van der Waals surface area contributed by atoms with Crippen LogP contribution in [0.2, 0.25) is 0 Å². The fourth-order valence-electron chi connectivity index (χ4n) is 2.09. The van der Waals surface area contributed by atoms with Crippen molar-refractivity contribution in [1.29, 1.82) is 0 Å². The van der Waals surface area contributed by atoms with Crippen LogP contribution in [0.15, 0.2) is 30.5 Å². The Hall–Kier alpha value is -1.65. The van der Waals surface area contributed by atoms with Gasteiger partial charge in [-0.05, 0) is 37.9 Å². The lowest BCUT2D eigenvalue weighted by atomic mass is 10.1. The Balaban J connectivity index is 2.15. The van der Waals surface area contributed by atoms with E-state index in [0.717, 1.165) is 11.9 Å². The highest BCUT2D eigenvalue weighted by Gasteiger charge is 2.07. The second-order valence-electron chi connectivity index (χ2n) is 4.93. The number of benzene rings is 1. The van der Waals surface area contributed by atoms with Gasteiger partial charge < -0.3 is 14.8 Å². The van der Waals surface area contributed by atoms with Crippen LogP contribution in [0.25, 0.3) is 10.8 Å². The topological polar surface area (TPSA) is 43.4 Å². The summed E-state index contributed by atoms with van der Waals surface area (Å²) in [6.07, 6.45) is 2.10. The second kappa shape index (κ2) is 7.22. The van der Waals surface area contributed by atoms with Crippen LogP contribution in [0.1, 0.15) is 19.4 Å². The van der Waals surface area contributed by atoms with Gasteiger partial charge in [0.2, 0.25) is 5.88 Å². The molecule has 4 heteroatoms. The molecule has 0 unspecified atom stereocenters. The maximum atomic E-state index is 5.75. The van der Waals surface area contributed by atoms with Crippen molar-refractivity contribution in [3.63, 3.8) is 0 Å². The summed E-state index contributed by atoms with van der Waals surface area (Å²) in [6.45, 7) is 5.91. The fraction of sp³-hybridized carbons (Fsp3) is 0.438. The van der Waals surface area contributed by atoms with E-state index in [1.54, 1.807) is 0 Å². The Kier molecular flexibility index (Phi) is 5.32. The van der Waals surface area contributed by atoms with Gasteiger partial charge in [-0.3, -0.25) is 0 Å². The number of fused-ring (bicyclic) bond motifs is 1. The van der Waals surface area contributed by atoms with E-state index < -0.39 is 0 Å². The number of hydrogen-bond donors (Lipinski definition) is 1. The highest BCUT2D eigenvalue weighted by molar-refractivity contribution is 5.89. The fourth-order valence-corrected chi connectivity index (χ4v) is 2.09. The van der Waals surface area contributed by atoms with Gasteiger partial charge in [-0.15, -0.1) is 0 Å². The summed E-state index contributed by atoms with van der Waals surface area (Å²) in [5.41, 5.74) is 1.17. The van der Waals surface area contributed by atoms with Crippen molar-refractivity contribution in [3.8, 4) is 5.88 Å². The molecule has 0 aliphatic carbocycles. The van der Waals surface area contributed by atoms with Crippen molar-refractivity contribution in [2.45, 2.75) is 26.5 Å². The molecule has 0 aliphatic rings. The molecule has 4 nitrogen and oxygen atoms in total. The van der Waals surface area contributed by atoms with Crippen LogP contribution < -0.4 is 10.1 Å². The first-order valence-corrected chi connectivity index (χ1v) is 6.98. The van der Waals surface area contributed by atoms with Crippen LogP contribution in [0.3, 0.4) is 0 Å². The smallest absolute Gasteiger partial charge is 0.221 e. The van der Waals surface area contributed by atoms with Gasteiger partial charge in [0.05, 0.1) is 12.7 Å². The maximum absolute atomic E-state index is 5.75. The lowest BCUT2D eigenvalue weighted by Gasteiger charge is -2.12. The molecule has 0 bridgehead atoms. The Morgan fingerprint density at radius 3 is 2.60 bits per heavy atom. The summed E-state index contributed by atoms with van der Waals surface area (Å²) < 4.78 is 11.2. The molecular formula is C16H22N2O2. The maximum Gasteiger partial charge on any atom is 0.221 e. The molecule has 0 fully saturated rings. The minimum absolute atomic E-state index is 0.223. The number of ether oxygens (including phenoxy) is 2. The molecule has 0 atom stereocenters. The van der Waals surface area contributed by atoms with Crippen molar-refractivity contribution in [2.24, 2.45) is 0 Å². The first kappa shape index (κ1) is 14.8. The lowest BCUT2D eigenvalue weighted by molar-refractivity contribution is 0.0546. The average molecular weight is 274 g/mol. The monoisotopic (exact) mass is 274 g/mol. The molecule has 0 spiro atoms. The molecule has 1 N–H and O–H groups in total. The zero-order valence-electron chi connectivity index (χ0n) is 12.3. The third-order valence-corrected chi connectivity index (χ3v) is 2.98. The van der Waals surface area contributed by atoms with Gasteiger partial charge in [0.25, 0.3) is 0 Å². The van der Waals surface area contributed by atoms with Crippen LogP contribution in [0.5, 0.6) is 5.88 Å². The van der Waals surface area contributed by atoms with Crippen molar-refractivity contribution in [1.82, 2.24) is 10.3 Å². The van der Waals surface area contributed by atoms with Gasteiger partial charge in [-0.2, -0.15) is 0 Å². The second-order valence-corrected chi connectivity index (χ2v) is 4.93. The van der Waals surface area contributed by atoms with Gasteiger partial charge in [-0.25, -0.2) is 4.98 Å². The van der Waals surface area contributed by atoms with Crippen LogP contribution in [-0.2, 0) is 11.3 Å². The third-order valence-electron chi connectivity index (χ3n) is 2.98. The third kappa shape index (κ3) is 3.68. The van der Waals surface area contributed by atoms with E-state index in [1.807, 2.05) is 45.3 Å². The molecule has 20 heavy (non-hydrogen) atoms. The standard InChI is InChI=1S/C16H22N2O2/c1-12(2)19-8-9-20-16-15-7-5-4-6-14(15)13(10-17-3)11-18-16/h4-7,11-12,17H,8-10H2,1-3H3. The van der Waals surface area contributed by atoms with E-state index in [0.29, 0.717) is 19.1 Å². The van der Waals surface area contributed by atoms with Crippen LogP contribution in [-0.4, -0.2) is 31.3 Å². The molecule has 0 aliphatic heterocycles. The molecule has 0 saturated carbocycles. The molecule has 0 radical (unpaired) electrons. The Bertz CT molecular complexity index is 555. The van der Waals surface area contributed by atoms with Crippen LogP contribution >= 0.6 is 0 Å². The Morgan fingerprint density at radius 1 is 1.15 bits per heavy atom. The van der Waals surface area contributed by atoms with Gasteiger partial charge in [-0.1, -0.05) is 18.2 Å². The van der Waals surface area contributed by atoms with E-state index in [4.69, 9.17) is 9.47 Å². The van der Waals surface area contributed by atoms with E-state index >= 15 is 0 Å². The number of nitrogens with one attached hydrogen (secondary N) is 1. The molecule has 0 amide bonds. The van der Waals surface area contributed by atoms with Crippen molar-refractivity contribution in [3.05, 3.63) is 36.0 Å². The molecule has 2 rings (SSSR count). The highest BCUT2D eigenvalue weighted by Crippen LogP contribution is 2.25. The quantitative estimate of drug-likeness (QED) is 0.788. The largest absolute Gasteiger partial charge is 0.475 e. The first-order chi connectivity index (χ1) is 9.72. The number of hydrogen-bond acceptors (Lipinski definition) is 4. The summed E-state index contributed by atoms with van der Waals surface area (Å²) in [6, 6.07) is 8.18. The Labute approximate surface area is 120 Å². The molecule has 1 aromatic heterocycles. The minimum atomic E-state index is 0.223. The SMILES string of the molecule is CNCc1cnc(OCCOC(C)C)c2ccccc12. The summed E-state index contributed by atoms with van der Waals surface area (Å²) >= 11 is 0. The van der Waals surface area contributed by atoms with Crippen molar-refractivity contribution >= 4 is 10.8 Å².